The maximum absolute atomic E-state index is 12.9. The molecule has 7 heteroatoms. The first kappa shape index (κ1) is 19.4. The SMILES string of the molecule is Cn1nc(C2CCCC2)c2sc(Cc3cccc(Cl)c3)c(OCCO)c2c1=O. The Kier molecular flexibility index (Phi) is 5.71. The third-order valence-corrected chi connectivity index (χ3v) is 6.69. The van der Waals surface area contributed by atoms with Gasteiger partial charge in [-0.05, 0) is 30.5 Å². The molecule has 1 aliphatic carbocycles. The first-order valence-corrected chi connectivity index (χ1v) is 10.8. The van der Waals surface area contributed by atoms with Crippen molar-refractivity contribution < 1.29 is 9.84 Å². The summed E-state index contributed by atoms with van der Waals surface area (Å²) in [6.45, 7) is 0.0491. The Hall–Kier alpha value is -1.89. The van der Waals surface area contributed by atoms with Crippen LogP contribution in [0.3, 0.4) is 0 Å². The number of fused-ring (bicyclic) bond motifs is 1. The maximum Gasteiger partial charge on any atom is 0.279 e. The van der Waals surface area contributed by atoms with Gasteiger partial charge in [-0.2, -0.15) is 5.10 Å². The molecule has 2 heterocycles. The minimum atomic E-state index is -0.154. The van der Waals surface area contributed by atoms with E-state index in [9.17, 15) is 9.90 Å². The molecule has 0 spiro atoms. The summed E-state index contributed by atoms with van der Waals surface area (Å²) in [4.78, 5) is 13.9. The lowest BCUT2D eigenvalue weighted by molar-refractivity contribution is 0.202. The molecule has 0 radical (unpaired) electrons. The average Bonchev–Trinajstić information content (AvgIpc) is 3.32. The van der Waals surface area contributed by atoms with Gasteiger partial charge in [0.1, 0.15) is 17.7 Å². The molecule has 0 unspecified atom stereocenters. The van der Waals surface area contributed by atoms with E-state index in [4.69, 9.17) is 16.3 Å². The minimum Gasteiger partial charge on any atom is -0.489 e. The van der Waals surface area contributed by atoms with Crippen molar-refractivity contribution in [3.05, 3.63) is 55.8 Å². The van der Waals surface area contributed by atoms with E-state index < -0.39 is 0 Å². The molecular formula is C21H23ClN2O3S. The normalized spacial score (nSPS) is 14.8. The molecule has 28 heavy (non-hydrogen) atoms. The van der Waals surface area contributed by atoms with Gasteiger partial charge in [0.2, 0.25) is 0 Å². The van der Waals surface area contributed by atoms with Crippen molar-refractivity contribution in [2.45, 2.75) is 38.0 Å². The van der Waals surface area contributed by atoms with E-state index in [1.165, 1.54) is 17.5 Å². The number of aliphatic hydroxyl groups is 1. The molecule has 3 aromatic rings. The van der Waals surface area contributed by atoms with Crippen LogP contribution in [0, 0.1) is 0 Å². The van der Waals surface area contributed by atoms with Gasteiger partial charge in [-0.1, -0.05) is 36.6 Å². The number of hydrogen-bond acceptors (Lipinski definition) is 5. The number of benzene rings is 1. The monoisotopic (exact) mass is 418 g/mol. The van der Waals surface area contributed by atoms with Gasteiger partial charge in [0.25, 0.3) is 5.56 Å². The highest BCUT2D eigenvalue weighted by Crippen LogP contribution is 2.43. The first-order valence-electron chi connectivity index (χ1n) is 9.59. The fourth-order valence-electron chi connectivity index (χ4n) is 3.97. The van der Waals surface area contributed by atoms with Crippen molar-refractivity contribution in [3.8, 4) is 5.75 Å². The number of aromatic nitrogens is 2. The lowest BCUT2D eigenvalue weighted by Gasteiger charge is -2.11. The second-order valence-corrected chi connectivity index (χ2v) is 8.77. The number of nitrogens with zero attached hydrogens (tertiary/aromatic N) is 2. The zero-order valence-corrected chi connectivity index (χ0v) is 17.4. The summed E-state index contributed by atoms with van der Waals surface area (Å²) in [5.41, 5.74) is 1.91. The first-order chi connectivity index (χ1) is 13.6. The van der Waals surface area contributed by atoms with Crippen LogP contribution in [0.15, 0.2) is 29.1 Å². The summed E-state index contributed by atoms with van der Waals surface area (Å²) >= 11 is 7.73. The molecule has 0 atom stereocenters. The molecular weight excluding hydrogens is 396 g/mol. The van der Waals surface area contributed by atoms with Crippen LogP contribution in [0.25, 0.3) is 10.1 Å². The highest BCUT2D eigenvalue weighted by molar-refractivity contribution is 7.19. The predicted molar refractivity (Wildman–Crippen MR) is 113 cm³/mol. The van der Waals surface area contributed by atoms with Crippen molar-refractivity contribution in [2.75, 3.05) is 13.2 Å². The van der Waals surface area contributed by atoms with Crippen LogP contribution in [0.4, 0.5) is 0 Å². The Morgan fingerprint density at radius 3 is 2.86 bits per heavy atom. The number of hydrogen-bond donors (Lipinski definition) is 1. The Morgan fingerprint density at radius 2 is 2.14 bits per heavy atom. The Labute approximate surface area is 172 Å². The molecule has 1 saturated carbocycles. The van der Waals surface area contributed by atoms with E-state index in [-0.39, 0.29) is 18.8 Å². The van der Waals surface area contributed by atoms with Gasteiger partial charge >= 0.3 is 0 Å². The lowest BCUT2D eigenvalue weighted by Crippen LogP contribution is -2.22. The third-order valence-electron chi connectivity index (χ3n) is 5.26. The van der Waals surface area contributed by atoms with Gasteiger partial charge in [-0.25, -0.2) is 4.68 Å². The summed E-state index contributed by atoms with van der Waals surface area (Å²) in [7, 11) is 1.70. The van der Waals surface area contributed by atoms with Crippen molar-refractivity contribution in [1.82, 2.24) is 9.78 Å². The van der Waals surface area contributed by atoms with E-state index in [2.05, 4.69) is 5.10 Å². The number of aryl methyl sites for hydroxylation is 1. The second kappa shape index (κ2) is 8.23. The van der Waals surface area contributed by atoms with E-state index in [1.807, 2.05) is 24.3 Å². The molecule has 5 nitrogen and oxygen atoms in total. The number of rotatable bonds is 6. The van der Waals surface area contributed by atoms with Gasteiger partial charge in [0, 0.05) is 24.4 Å². The van der Waals surface area contributed by atoms with Crippen LogP contribution in [-0.2, 0) is 13.5 Å². The fourth-order valence-corrected chi connectivity index (χ4v) is 5.51. The summed E-state index contributed by atoms with van der Waals surface area (Å²) in [6.07, 6.45) is 5.23. The second-order valence-electron chi connectivity index (χ2n) is 7.23. The van der Waals surface area contributed by atoms with Crippen molar-refractivity contribution in [2.24, 2.45) is 7.05 Å². The Balaban J connectivity index is 1.89. The molecule has 0 aliphatic heterocycles. The number of halogens is 1. The van der Waals surface area contributed by atoms with E-state index in [1.54, 1.807) is 18.4 Å². The van der Waals surface area contributed by atoms with E-state index >= 15 is 0 Å². The summed E-state index contributed by atoms with van der Waals surface area (Å²) in [5, 5.41) is 15.2. The Morgan fingerprint density at radius 1 is 1.36 bits per heavy atom. The van der Waals surface area contributed by atoms with Crippen molar-refractivity contribution in [3.63, 3.8) is 0 Å². The number of thiophene rings is 1. The largest absolute Gasteiger partial charge is 0.489 e. The molecule has 148 valence electrons. The van der Waals surface area contributed by atoms with Crippen LogP contribution >= 0.6 is 22.9 Å². The zero-order chi connectivity index (χ0) is 19.7. The predicted octanol–water partition coefficient (Wildman–Crippen LogP) is 4.27. The lowest BCUT2D eigenvalue weighted by atomic mass is 10.0. The molecule has 1 aromatic carbocycles. The zero-order valence-electron chi connectivity index (χ0n) is 15.8. The molecule has 0 amide bonds. The van der Waals surface area contributed by atoms with Gasteiger partial charge in [0.05, 0.1) is 21.9 Å². The average molecular weight is 419 g/mol. The van der Waals surface area contributed by atoms with Crippen molar-refractivity contribution in [1.29, 1.82) is 0 Å². The van der Waals surface area contributed by atoms with Crippen LogP contribution in [0.5, 0.6) is 5.75 Å². The smallest absolute Gasteiger partial charge is 0.279 e. The summed E-state index contributed by atoms with van der Waals surface area (Å²) in [6, 6.07) is 7.71. The van der Waals surface area contributed by atoms with E-state index in [0.717, 1.165) is 33.7 Å². The highest BCUT2D eigenvalue weighted by atomic mass is 35.5. The van der Waals surface area contributed by atoms with Crippen LogP contribution in [-0.4, -0.2) is 28.1 Å². The van der Waals surface area contributed by atoms with Crippen molar-refractivity contribution >= 4 is 33.0 Å². The number of ether oxygens (including phenoxy) is 1. The van der Waals surface area contributed by atoms with Gasteiger partial charge in [-0.15, -0.1) is 11.3 Å². The molecule has 1 aliphatic rings. The molecule has 0 saturated heterocycles. The van der Waals surface area contributed by atoms with Crippen LogP contribution in [0.2, 0.25) is 5.02 Å². The molecule has 2 aromatic heterocycles. The van der Waals surface area contributed by atoms with Gasteiger partial charge in [0.15, 0.2) is 0 Å². The minimum absolute atomic E-state index is 0.102. The fraction of sp³-hybridized carbons (Fsp3) is 0.429. The Bertz CT molecular complexity index is 1050. The maximum atomic E-state index is 12.9. The summed E-state index contributed by atoms with van der Waals surface area (Å²) in [5.74, 6) is 0.967. The van der Waals surface area contributed by atoms with E-state index in [0.29, 0.717) is 28.5 Å². The summed E-state index contributed by atoms with van der Waals surface area (Å²) < 4.78 is 8.24. The van der Waals surface area contributed by atoms with Gasteiger partial charge < -0.3 is 9.84 Å². The molecule has 1 fully saturated rings. The molecule has 0 bridgehead atoms. The molecule has 1 N–H and O–H groups in total. The quantitative estimate of drug-likeness (QED) is 0.649. The van der Waals surface area contributed by atoms with Crippen LogP contribution < -0.4 is 10.3 Å². The third kappa shape index (κ3) is 3.69. The highest BCUT2D eigenvalue weighted by Gasteiger charge is 2.27. The molecule has 4 rings (SSSR count). The topological polar surface area (TPSA) is 64.3 Å². The van der Waals surface area contributed by atoms with Crippen LogP contribution in [0.1, 0.15) is 47.7 Å². The van der Waals surface area contributed by atoms with Gasteiger partial charge in [-0.3, -0.25) is 4.79 Å². The standard InChI is InChI=1S/C21H23ClN2O3S/c1-24-21(26)17-19(27-10-9-25)16(12-13-5-4-8-15(22)11-13)28-20(17)18(23-24)14-6-2-3-7-14/h4-5,8,11,14,25H,2-3,6-7,9-10,12H2,1H3. The number of aliphatic hydroxyl groups excluding tert-OH is 1.